The van der Waals surface area contributed by atoms with E-state index in [4.69, 9.17) is 9.15 Å². The highest BCUT2D eigenvalue weighted by Crippen LogP contribution is 2.34. The summed E-state index contributed by atoms with van der Waals surface area (Å²) in [4.78, 5) is 16.0. The van der Waals surface area contributed by atoms with Gasteiger partial charge in [0.05, 0.1) is 12.1 Å². The summed E-state index contributed by atoms with van der Waals surface area (Å²) in [5.74, 6) is 1.91. The number of hydrogen-bond acceptors (Lipinski definition) is 4. The first-order chi connectivity index (χ1) is 9.54. The monoisotopic (exact) mass is 280 g/mol. The summed E-state index contributed by atoms with van der Waals surface area (Å²) in [6, 6.07) is 4.03. The molecule has 1 amide bonds. The van der Waals surface area contributed by atoms with Crippen LogP contribution in [-0.2, 0) is 16.1 Å². The lowest BCUT2D eigenvalue weighted by molar-refractivity contribution is -0.134. The van der Waals surface area contributed by atoms with Crippen LogP contribution in [-0.4, -0.2) is 49.5 Å². The van der Waals surface area contributed by atoms with Gasteiger partial charge in [-0.1, -0.05) is 0 Å². The molecule has 1 aliphatic heterocycles. The molecule has 0 saturated carbocycles. The molecule has 0 radical (unpaired) electrons. The molecular weight excluding hydrogens is 256 g/mol. The zero-order valence-corrected chi connectivity index (χ0v) is 12.8. The summed E-state index contributed by atoms with van der Waals surface area (Å²) in [7, 11) is 5.25. The number of likely N-dealkylation sites (N-methyl/N-ethyl adjacent to an activating group) is 1. The molecule has 0 bridgehead atoms. The summed E-state index contributed by atoms with van der Waals surface area (Å²) in [6.07, 6.45) is 2.13. The number of nitrogens with zero attached hydrogens (tertiary/aromatic N) is 2. The van der Waals surface area contributed by atoms with E-state index in [1.165, 1.54) is 0 Å². The van der Waals surface area contributed by atoms with Crippen molar-refractivity contribution in [2.45, 2.75) is 38.5 Å². The minimum atomic E-state index is -0.117. The summed E-state index contributed by atoms with van der Waals surface area (Å²) < 4.78 is 10.9. The molecule has 0 aliphatic carbocycles. The van der Waals surface area contributed by atoms with E-state index in [1.807, 2.05) is 19.1 Å². The number of methoxy groups -OCH3 is 1. The fraction of sp³-hybridized carbons (Fsp3) is 0.667. The molecule has 0 spiro atoms. The van der Waals surface area contributed by atoms with Gasteiger partial charge >= 0.3 is 0 Å². The fourth-order valence-corrected chi connectivity index (χ4v) is 2.87. The zero-order valence-electron chi connectivity index (χ0n) is 12.8. The van der Waals surface area contributed by atoms with Gasteiger partial charge in [-0.05, 0) is 38.4 Å². The summed E-state index contributed by atoms with van der Waals surface area (Å²) in [5.41, 5.74) is 0. The Hall–Kier alpha value is -1.33. The average Bonchev–Trinajstić information content (AvgIpc) is 3.05. The largest absolute Gasteiger partial charge is 0.462 e. The molecule has 1 aromatic rings. The van der Waals surface area contributed by atoms with Crippen molar-refractivity contribution in [3.8, 4) is 0 Å². The van der Waals surface area contributed by atoms with Crippen LogP contribution in [0.5, 0.6) is 0 Å². The van der Waals surface area contributed by atoms with Gasteiger partial charge in [-0.25, -0.2) is 0 Å². The first-order valence-corrected chi connectivity index (χ1v) is 7.09. The third-order valence-electron chi connectivity index (χ3n) is 3.89. The van der Waals surface area contributed by atoms with Gasteiger partial charge in [-0.15, -0.1) is 0 Å². The quantitative estimate of drug-likeness (QED) is 0.828. The minimum absolute atomic E-state index is 0.117. The van der Waals surface area contributed by atoms with E-state index in [0.717, 1.165) is 30.9 Å². The van der Waals surface area contributed by atoms with Gasteiger partial charge in [0.25, 0.3) is 0 Å². The van der Waals surface area contributed by atoms with E-state index in [1.54, 1.807) is 26.1 Å². The Bertz CT molecular complexity index is 456. The van der Waals surface area contributed by atoms with Crippen LogP contribution in [0, 0.1) is 0 Å². The Kier molecular flexibility index (Phi) is 4.83. The van der Waals surface area contributed by atoms with Gasteiger partial charge in [0.1, 0.15) is 18.1 Å². The highest BCUT2D eigenvalue weighted by molar-refractivity contribution is 5.81. The lowest BCUT2D eigenvalue weighted by Crippen LogP contribution is -2.44. The van der Waals surface area contributed by atoms with Crippen molar-refractivity contribution in [1.82, 2.24) is 9.80 Å². The number of ether oxygens (including phenoxy) is 1. The molecule has 20 heavy (non-hydrogen) atoms. The maximum Gasteiger partial charge on any atom is 0.239 e. The van der Waals surface area contributed by atoms with Gasteiger partial charge < -0.3 is 14.1 Å². The number of carbonyl (C=O) groups excluding carboxylic acids is 1. The van der Waals surface area contributed by atoms with E-state index in [9.17, 15) is 4.79 Å². The van der Waals surface area contributed by atoms with Crippen LogP contribution in [0.15, 0.2) is 16.5 Å². The molecule has 1 saturated heterocycles. The Morgan fingerprint density at radius 3 is 2.95 bits per heavy atom. The van der Waals surface area contributed by atoms with Crippen molar-refractivity contribution >= 4 is 5.91 Å². The normalized spacial score (nSPS) is 21.1. The van der Waals surface area contributed by atoms with Crippen LogP contribution < -0.4 is 0 Å². The third kappa shape index (κ3) is 3.04. The van der Waals surface area contributed by atoms with E-state index in [2.05, 4.69) is 4.90 Å². The molecule has 1 aromatic heterocycles. The van der Waals surface area contributed by atoms with Crippen LogP contribution in [0.3, 0.4) is 0 Å². The van der Waals surface area contributed by atoms with Crippen molar-refractivity contribution in [1.29, 1.82) is 0 Å². The number of carbonyl (C=O) groups is 1. The Morgan fingerprint density at radius 2 is 2.30 bits per heavy atom. The highest BCUT2D eigenvalue weighted by atomic mass is 16.5. The number of furan rings is 1. The summed E-state index contributed by atoms with van der Waals surface area (Å²) in [5, 5.41) is 0. The first-order valence-electron chi connectivity index (χ1n) is 7.09. The van der Waals surface area contributed by atoms with Crippen LogP contribution in [0.2, 0.25) is 0 Å². The molecule has 5 heteroatoms. The van der Waals surface area contributed by atoms with Crippen molar-refractivity contribution in [3.63, 3.8) is 0 Å². The Morgan fingerprint density at radius 1 is 1.55 bits per heavy atom. The summed E-state index contributed by atoms with van der Waals surface area (Å²) in [6.45, 7) is 3.39. The molecular formula is C15H24N2O3. The van der Waals surface area contributed by atoms with Crippen LogP contribution in [0.1, 0.15) is 37.3 Å². The molecule has 1 fully saturated rings. The number of amides is 1. The van der Waals surface area contributed by atoms with Gasteiger partial charge in [-0.2, -0.15) is 0 Å². The van der Waals surface area contributed by atoms with E-state index < -0.39 is 0 Å². The predicted molar refractivity (Wildman–Crippen MR) is 76.3 cm³/mol. The van der Waals surface area contributed by atoms with Gasteiger partial charge in [-0.3, -0.25) is 9.69 Å². The molecule has 5 nitrogen and oxygen atoms in total. The fourth-order valence-electron chi connectivity index (χ4n) is 2.87. The van der Waals surface area contributed by atoms with Crippen LogP contribution >= 0.6 is 0 Å². The van der Waals surface area contributed by atoms with Gasteiger partial charge in [0, 0.05) is 21.2 Å². The third-order valence-corrected chi connectivity index (χ3v) is 3.89. The number of rotatable bonds is 5. The smallest absolute Gasteiger partial charge is 0.239 e. The molecule has 0 unspecified atom stereocenters. The lowest BCUT2D eigenvalue weighted by Gasteiger charge is -2.30. The Labute approximate surface area is 120 Å². The van der Waals surface area contributed by atoms with Gasteiger partial charge in [0.2, 0.25) is 5.91 Å². The standard InChI is InChI=1S/C15H24N2O3/c1-11(15(18)16(2)3)17-9-5-6-13(17)14-8-7-12(20-14)10-19-4/h7-8,11,13H,5-6,9-10H2,1-4H3/t11-,13+/m0/s1. The predicted octanol–water partition coefficient (Wildman–Crippen LogP) is 2.04. The minimum Gasteiger partial charge on any atom is -0.462 e. The molecule has 0 aromatic carbocycles. The highest BCUT2D eigenvalue weighted by Gasteiger charge is 2.35. The Balaban J connectivity index is 2.11. The molecule has 2 heterocycles. The molecule has 2 atom stereocenters. The summed E-state index contributed by atoms with van der Waals surface area (Å²) >= 11 is 0. The van der Waals surface area contributed by atoms with E-state index in [0.29, 0.717) is 6.61 Å². The van der Waals surface area contributed by atoms with Crippen molar-refractivity contribution < 1.29 is 13.9 Å². The van der Waals surface area contributed by atoms with E-state index >= 15 is 0 Å². The molecule has 1 aliphatic rings. The lowest BCUT2D eigenvalue weighted by atomic mass is 10.1. The second-order valence-electron chi connectivity index (χ2n) is 5.54. The topological polar surface area (TPSA) is 45.9 Å². The molecule has 0 N–H and O–H groups in total. The molecule has 112 valence electrons. The van der Waals surface area contributed by atoms with Crippen molar-refractivity contribution in [3.05, 3.63) is 23.7 Å². The second kappa shape index (κ2) is 6.41. The number of hydrogen-bond donors (Lipinski definition) is 0. The first kappa shape index (κ1) is 15.1. The number of likely N-dealkylation sites (tertiary alicyclic amines) is 1. The maximum atomic E-state index is 12.1. The molecule has 2 rings (SSSR count). The van der Waals surface area contributed by atoms with Gasteiger partial charge in [0.15, 0.2) is 0 Å². The SMILES string of the molecule is COCc1ccc([C@H]2CCCN2[C@@H](C)C(=O)N(C)C)o1. The maximum absolute atomic E-state index is 12.1. The zero-order chi connectivity index (χ0) is 14.7. The van der Waals surface area contributed by atoms with E-state index in [-0.39, 0.29) is 18.0 Å². The van der Waals surface area contributed by atoms with Crippen LogP contribution in [0.25, 0.3) is 0 Å². The van der Waals surface area contributed by atoms with Crippen LogP contribution in [0.4, 0.5) is 0 Å². The second-order valence-corrected chi connectivity index (χ2v) is 5.54. The average molecular weight is 280 g/mol. The van der Waals surface area contributed by atoms with Crippen molar-refractivity contribution in [2.24, 2.45) is 0 Å². The van der Waals surface area contributed by atoms with Crippen molar-refractivity contribution in [2.75, 3.05) is 27.7 Å².